The van der Waals surface area contributed by atoms with Crippen molar-refractivity contribution in [3.8, 4) is 0 Å². The molecular weight excluding hydrogens is 657 g/mol. The standard InChI is InChI=1S/C42H70O6Si2/c1-31-25-26-44-35(28-31)23-24-39(48-50(12,13)42(7,8)9)38-21-15-20-37(47-49(10,11)41(4,5)6)30-33(3)27-32(2)29-36-19-14-17-34(45-36)18-16-22-40(43)46-38/h14-17,20,22-25,32,34-39H,3,18-19,21,26-30H2,1-2,4-13H3/b20-15+,22-16-,24-23+/t32-,34-,35+,36-,37+,38-,39-/m0/s1. The van der Waals surface area contributed by atoms with E-state index in [4.69, 9.17) is 23.1 Å². The Morgan fingerprint density at radius 2 is 1.60 bits per heavy atom. The summed E-state index contributed by atoms with van der Waals surface area (Å²) in [6.07, 6.45) is 22.9. The highest BCUT2D eigenvalue weighted by molar-refractivity contribution is 6.74. The van der Waals surface area contributed by atoms with Crippen molar-refractivity contribution in [1.29, 1.82) is 0 Å². The summed E-state index contributed by atoms with van der Waals surface area (Å²) in [6, 6.07) is 0. The van der Waals surface area contributed by atoms with E-state index in [9.17, 15) is 4.79 Å². The fourth-order valence-corrected chi connectivity index (χ4v) is 8.64. The lowest BCUT2D eigenvalue weighted by Crippen LogP contribution is -2.47. The molecule has 0 aromatic rings. The summed E-state index contributed by atoms with van der Waals surface area (Å²) in [5.74, 6) is 0.0697. The number of fused-ring (bicyclic) bond motifs is 2. The van der Waals surface area contributed by atoms with Gasteiger partial charge in [0, 0.05) is 12.5 Å². The average Bonchev–Trinajstić information content (AvgIpc) is 2.97. The Morgan fingerprint density at radius 3 is 2.26 bits per heavy atom. The van der Waals surface area contributed by atoms with Crippen LogP contribution in [0, 0.1) is 5.92 Å². The van der Waals surface area contributed by atoms with Gasteiger partial charge in [0.25, 0.3) is 0 Å². The van der Waals surface area contributed by atoms with E-state index in [1.54, 1.807) is 6.08 Å². The SMILES string of the molecule is C=C1C[C@H](C)C[C@@H]2CC=C[C@@H](C/C=C\C(=O)O[C@H]([C@H](/C=C/[C@@H]3CC(C)=CCO3)O[Si](C)(C)C(C)(C)C)C/C=C/[C@@H](O[Si](C)(C)C(C)(C)C)C1)O2. The zero-order chi connectivity index (χ0) is 37.3. The van der Waals surface area contributed by atoms with Gasteiger partial charge in [-0.2, -0.15) is 0 Å². The molecule has 0 saturated heterocycles. The predicted octanol–water partition coefficient (Wildman–Crippen LogP) is 11.0. The number of carbonyl (C=O) groups excluding carboxylic acids is 1. The molecule has 282 valence electrons. The Hall–Kier alpha value is -1.82. The van der Waals surface area contributed by atoms with E-state index >= 15 is 0 Å². The summed E-state index contributed by atoms with van der Waals surface area (Å²) in [4.78, 5) is 13.5. The molecule has 7 atom stereocenters. The van der Waals surface area contributed by atoms with Crippen LogP contribution in [-0.4, -0.2) is 65.8 Å². The maximum absolute atomic E-state index is 13.5. The smallest absolute Gasteiger partial charge is 0.330 e. The first-order chi connectivity index (χ1) is 23.1. The number of hydrogen-bond donors (Lipinski definition) is 0. The van der Waals surface area contributed by atoms with Crippen molar-refractivity contribution < 1.29 is 27.9 Å². The monoisotopic (exact) mass is 726 g/mol. The number of esters is 1. The molecule has 3 rings (SSSR count). The zero-order valence-corrected chi connectivity index (χ0v) is 35.6. The second-order valence-electron chi connectivity index (χ2n) is 18.0. The number of ether oxygens (including phenoxy) is 3. The molecule has 0 fully saturated rings. The molecule has 0 aromatic carbocycles. The fraction of sp³-hybridized carbons (Fsp3) is 0.690. The van der Waals surface area contributed by atoms with Gasteiger partial charge in [-0.1, -0.05) is 115 Å². The van der Waals surface area contributed by atoms with Crippen molar-refractivity contribution in [2.75, 3.05) is 6.61 Å². The summed E-state index contributed by atoms with van der Waals surface area (Å²) >= 11 is 0. The first-order valence-corrected chi connectivity index (χ1v) is 24.8. The van der Waals surface area contributed by atoms with Crippen LogP contribution < -0.4 is 0 Å². The minimum Gasteiger partial charge on any atom is -0.456 e. The van der Waals surface area contributed by atoms with Gasteiger partial charge in [-0.05, 0) is 87.6 Å². The van der Waals surface area contributed by atoms with Crippen LogP contribution in [0.5, 0.6) is 0 Å². The van der Waals surface area contributed by atoms with Crippen LogP contribution in [-0.2, 0) is 27.9 Å². The van der Waals surface area contributed by atoms with Gasteiger partial charge in [0.05, 0.1) is 31.0 Å². The minimum atomic E-state index is -2.27. The first-order valence-electron chi connectivity index (χ1n) is 19.0. The third-order valence-corrected chi connectivity index (χ3v) is 20.1. The molecule has 0 unspecified atom stereocenters. The van der Waals surface area contributed by atoms with Gasteiger partial charge in [0.1, 0.15) is 12.2 Å². The Morgan fingerprint density at radius 1 is 0.920 bits per heavy atom. The molecule has 0 amide bonds. The van der Waals surface area contributed by atoms with E-state index in [1.807, 2.05) is 6.08 Å². The molecule has 0 saturated carbocycles. The molecule has 0 aromatic heterocycles. The number of hydrogen-bond acceptors (Lipinski definition) is 6. The van der Waals surface area contributed by atoms with E-state index in [0.717, 1.165) is 32.1 Å². The second-order valence-corrected chi connectivity index (χ2v) is 27.5. The van der Waals surface area contributed by atoms with Crippen molar-refractivity contribution in [3.63, 3.8) is 0 Å². The van der Waals surface area contributed by atoms with Crippen LogP contribution in [0.2, 0.25) is 36.3 Å². The number of cyclic esters (lactones) is 1. The third-order valence-electron chi connectivity index (χ3n) is 11.2. The van der Waals surface area contributed by atoms with Crippen molar-refractivity contribution in [1.82, 2.24) is 0 Å². The largest absolute Gasteiger partial charge is 0.456 e. The molecule has 0 aliphatic carbocycles. The Labute approximate surface area is 307 Å². The van der Waals surface area contributed by atoms with E-state index in [0.29, 0.717) is 25.4 Å². The lowest BCUT2D eigenvalue weighted by Gasteiger charge is -2.40. The van der Waals surface area contributed by atoms with Gasteiger partial charge in [-0.3, -0.25) is 0 Å². The van der Waals surface area contributed by atoms with Crippen molar-refractivity contribution >= 4 is 22.6 Å². The Balaban J connectivity index is 2.02. The molecule has 3 aliphatic heterocycles. The van der Waals surface area contributed by atoms with Crippen LogP contribution in [0.15, 0.2) is 72.4 Å². The topological polar surface area (TPSA) is 63.2 Å². The van der Waals surface area contributed by atoms with Crippen molar-refractivity contribution in [3.05, 3.63) is 72.4 Å². The van der Waals surface area contributed by atoms with Gasteiger partial charge in [0.15, 0.2) is 16.6 Å². The quantitative estimate of drug-likeness (QED) is 0.148. The van der Waals surface area contributed by atoms with Crippen LogP contribution in [0.1, 0.15) is 100 Å². The summed E-state index contributed by atoms with van der Waals surface area (Å²) in [6.45, 7) is 32.2. The third kappa shape index (κ3) is 13.6. The molecule has 3 aliphatic rings. The Bertz CT molecular complexity index is 1280. The molecule has 50 heavy (non-hydrogen) atoms. The number of carbonyl (C=O) groups is 1. The van der Waals surface area contributed by atoms with E-state index < -0.39 is 28.8 Å². The maximum atomic E-state index is 13.5. The number of rotatable bonds is 7. The Kier molecular flexibility index (Phi) is 15.6. The fourth-order valence-electron chi connectivity index (χ4n) is 6.10. The van der Waals surface area contributed by atoms with Crippen LogP contribution in [0.25, 0.3) is 0 Å². The summed E-state index contributed by atoms with van der Waals surface area (Å²) in [5, 5.41) is 0.0376. The van der Waals surface area contributed by atoms with E-state index in [-0.39, 0.29) is 40.5 Å². The van der Waals surface area contributed by atoms with Gasteiger partial charge >= 0.3 is 5.97 Å². The minimum absolute atomic E-state index is 0.0278. The summed E-state index contributed by atoms with van der Waals surface area (Å²) < 4.78 is 32.9. The summed E-state index contributed by atoms with van der Waals surface area (Å²) in [5.41, 5.74) is 2.51. The molecule has 0 spiro atoms. The highest BCUT2D eigenvalue weighted by Crippen LogP contribution is 2.40. The van der Waals surface area contributed by atoms with Crippen LogP contribution in [0.4, 0.5) is 0 Å². The van der Waals surface area contributed by atoms with E-state index in [1.165, 1.54) is 11.1 Å². The molecule has 2 bridgehead atoms. The highest BCUT2D eigenvalue weighted by atomic mass is 28.4. The van der Waals surface area contributed by atoms with Gasteiger partial charge in [0.2, 0.25) is 0 Å². The molecule has 6 nitrogen and oxygen atoms in total. The second kappa shape index (κ2) is 18.3. The first kappa shape index (κ1) is 42.6. The lowest BCUT2D eigenvalue weighted by atomic mass is 9.91. The zero-order valence-electron chi connectivity index (χ0n) is 33.6. The summed E-state index contributed by atoms with van der Waals surface area (Å²) in [7, 11) is -4.36. The highest BCUT2D eigenvalue weighted by Gasteiger charge is 2.41. The predicted molar refractivity (Wildman–Crippen MR) is 213 cm³/mol. The van der Waals surface area contributed by atoms with Gasteiger partial charge in [-0.15, -0.1) is 0 Å². The van der Waals surface area contributed by atoms with Crippen LogP contribution in [0.3, 0.4) is 0 Å². The van der Waals surface area contributed by atoms with Crippen molar-refractivity contribution in [2.24, 2.45) is 5.92 Å². The van der Waals surface area contributed by atoms with Gasteiger partial charge < -0.3 is 23.1 Å². The van der Waals surface area contributed by atoms with E-state index in [2.05, 4.69) is 131 Å². The van der Waals surface area contributed by atoms with Gasteiger partial charge in [-0.25, -0.2) is 4.79 Å². The molecule has 8 heteroatoms. The lowest BCUT2D eigenvalue weighted by molar-refractivity contribution is -0.146. The normalized spacial score (nSPS) is 30.6. The molecular formula is C42H70O6Si2. The maximum Gasteiger partial charge on any atom is 0.330 e. The average molecular weight is 727 g/mol. The van der Waals surface area contributed by atoms with Crippen molar-refractivity contribution in [2.45, 2.75) is 173 Å². The molecule has 0 radical (unpaired) electrons. The molecule has 3 heterocycles. The molecule has 0 N–H and O–H groups in total. The van der Waals surface area contributed by atoms with Crippen LogP contribution >= 0.6 is 0 Å².